The molecule has 1 saturated heterocycles. The molecule has 5 heteroatoms. The molecule has 0 saturated carbocycles. The van der Waals surface area contributed by atoms with Crippen molar-refractivity contribution in [1.29, 1.82) is 5.26 Å². The van der Waals surface area contributed by atoms with E-state index in [0.717, 1.165) is 16.2 Å². The summed E-state index contributed by atoms with van der Waals surface area (Å²) in [6.45, 7) is 0.367. The highest BCUT2D eigenvalue weighted by atomic mass is 16.5. The van der Waals surface area contributed by atoms with Gasteiger partial charge < -0.3 is 9.64 Å². The molecule has 1 fully saturated rings. The lowest BCUT2D eigenvalue weighted by molar-refractivity contribution is 0.205. The summed E-state index contributed by atoms with van der Waals surface area (Å²) in [6.07, 6.45) is 1.88. The minimum absolute atomic E-state index is 0.140. The van der Waals surface area contributed by atoms with Crippen molar-refractivity contribution in [3.8, 4) is 11.9 Å². The molecule has 0 radical (unpaired) electrons. The van der Waals surface area contributed by atoms with Gasteiger partial charge in [-0.3, -0.25) is 0 Å². The molecule has 1 unspecified atom stereocenters. The van der Waals surface area contributed by atoms with E-state index in [9.17, 15) is 4.79 Å². The third kappa shape index (κ3) is 1.78. The number of amides is 2. The zero-order valence-corrected chi connectivity index (χ0v) is 9.75. The Bertz CT molecular complexity index is 481. The first kappa shape index (κ1) is 11.3. The molecule has 0 aromatic heterocycles. The van der Waals surface area contributed by atoms with E-state index >= 15 is 0 Å². The second-order valence-electron chi connectivity index (χ2n) is 3.86. The van der Waals surface area contributed by atoms with Crippen LogP contribution in [0.3, 0.4) is 0 Å². The molecule has 2 amide bonds. The predicted molar refractivity (Wildman–Crippen MR) is 61.2 cm³/mol. The highest BCUT2D eigenvalue weighted by Crippen LogP contribution is 2.33. The zero-order chi connectivity index (χ0) is 12.4. The first-order valence-corrected chi connectivity index (χ1v) is 5.26. The molecular formula is C12H13N3O2. The van der Waals surface area contributed by atoms with E-state index in [0.29, 0.717) is 6.54 Å². The molecule has 0 aliphatic carbocycles. The van der Waals surface area contributed by atoms with Crippen molar-refractivity contribution in [3.05, 3.63) is 29.8 Å². The number of nitrogens with zero attached hydrogens (tertiary/aromatic N) is 3. The summed E-state index contributed by atoms with van der Waals surface area (Å²) in [5.41, 5.74) is 0.920. The number of rotatable bonds is 2. The van der Waals surface area contributed by atoms with E-state index in [1.807, 2.05) is 30.5 Å². The average molecular weight is 231 g/mol. The van der Waals surface area contributed by atoms with Crippen LogP contribution in [0.4, 0.5) is 4.79 Å². The van der Waals surface area contributed by atoms with E-state index in [-0.39, 0.29) is 12.1 Å². The van der Waals surface area contributed by atoms with Gasteiger partial charge in [0.05, 0.1) is 19.7 Å². The first-order valence-electron chi connectivity index (χ1n) is 5.26. The summed E-state index contributed by atoms with van der Waals surface area (Å²) >= 11 is 0. The lowest BCUT2D eigenvalue weighted by Gasteiger charge is -2.20. The number of nitriles is 1. The molecule has 88 valence electrons. The maximum absolute atomic E-state index is 11.7. The van der Waals surface area contributed by atoms with E-state index < -0.39 is 0 Å². The highest BCUT2D eigenvalue weighted by Gasteiger charge is 2.36. The summed E-state index contributed by atoms with van der Waals surface area (Å²) in [4.78, 5) is 14.4. The molecule has 17 heavy (non-hydrogen) atoms. The lowest BCUT2D eigenvalue weighted by Crippen LogP contribution is -2.26. The Morgan fingerprint density at radius 2 is 2.18 bits per heavy atom. The quantitative estimate of drug-likeness (QED) is 0.726. The molecule has 1 aliphatic heterocycles. The zero-order valence-electron chi connectivity index (χ0n) is 9.75. The Morgan fingerprint density at radius 3 is 2.76 bits per heavy atom. The number of urea groups is 1. The van der Waals surface area contributed by atoms with Crippen LogP contribution in [-0.4, -0.2) is 36.5 Å². The van der Waals surface area contributed by atoms with Crippen LogP contribution in [0.15, 0.2) is 24.3 Å². The molecule has 1 aromatic carbocycles. The van der Waals surface area contributed by atoms with E-state index in [4.69, 9.17) is 10.00 Å². The SMILES string of the molecule is COc1ccccc1C1CN(C#N)C(=O)N1C. The summed E-state index contributed by atoms with van der Waals surface area (Å²) in [6, 6.07) is 7.12. The average Bonchev–Trinajstić information content (AvgIpc) is 2.66. The number of hydrogen-bond donors (Lipinski definition) is 0. The van der Waals surface area contributed by atoms with Gasteiger partial charge in [0.1, 0.15) is 5.75 Å². The molecular weight excluding hydrogens is 218 g/mol. The van der Waals surface area contributed by atoms with E-state index in [2.05, 4.69) is 0 Å². The highest BCUT2D eigenvalue weighted by molar-refractivity contribution is 5.79. The van der Waals surface area contributed by atoms with Crippen molar-refractivity contribution >= 4 is 6.03 Å². The van der Waals surface area contributed by atoms with Crippen LogP contribution < -0.4 is 4.74 Å². The molecule has 1 atom stereocenters. The van der Waals surface area contributed by atoms with Gasteiger partial charge in [-0.2, -0.15) is 5.26 Å². The number of methoxy groups -OCH3 is 1. The fourth-order valence-electron chi connectivity index (χ4n) is 2.03. The molecule has 0 spiro atoms. The van der Waals surface area contributed by atoms with Gasteiger partial charge in [-0.15, -0.1) is 0 Å². The van der Waals surface area contributed by atoms with Gasteiger partial charge in [-0.1, -0.05) is 18.2 Å². The Kier molecular flexibility index (Phi) is 2.88. The van der Waals surface area contributed by atoms with Crippen molar-refractivity contribution < 1.29 is 9.53 Å². The van der Waals surface area contributed by atoms with E-state index in [1.165, 1.54) is 0 Å². The predicted octanol–water partition coefficient (Wildman–Crippen LogP) is 1.58. The fourth-order valence-corrected chi connectivity index (χ4v) is 2.03. The smallest absolute Gasteiger partial charge is 0.333 e. The summed E-state index contributed by atoms with van der Waals surface area (Å²) in [5, 5.41) is 8.84. The standard InChI is InChI=1S/C12H13N3O2/c1-14-10(7-15(8-13)12(14)16)9-5-3-4-6-11(9)17-2/h3-6,10H,7H2,1-2H3. The van der Waals surface area contributed by atoms with Gasteiger partial charge in [-0.25, -0.2) is 9.69 Å². The number of carbonyl (C=O) groups is 1. The Hall–Kier alpha value is -2.22. The van der Waals surface area contributed by atoms with Crippen molar-refractivity contribution in [3.63, 3.8) is 0 Å². The largest absolute Gasteiger partial charge is 0.496 e. The molecule has 1 aliphatic rings. The van der Waals surface area contributed by atoms with Gasteiger partial charge in [0.15, 0.2) is 6.19 Å². The van der Waals surface area contributed by atoms with Gasteiger partial charge in [0, 0.05) is 12.6 Å². The molecule has 2 rings (SSSR count). The number of carbonyl (C=O) groups excluding carboxylic acids is 1. The first-order chi connectivity index (χ1) is 8.19. The Morgan fingerprint density at radius 1 is 1.47 bits per heavy atom. The summed E-state index contributed by atoms with van der Waals surface area (Å²) in [5.74, 6) is 0.733. The maximum Gasteiger partial charge on any atom is 0.333 e. The molecule has 1 heterocycles. The molecule has 1 aromatic rings. The van der Waals surface area contributed by atoms with Crippen molar-refractivity contribution in [2.45, 2.75) is 6.04 Å². The third-order valence-corrected chi connectivity index (χ3v) is 2.97. The maximum atomic E-state index is 11.7. The minimum Gasteiger partial charge on any atom is -0.496 e. The third-order valence-electron chi connectivity index (χ3n) is 2.97. The van der Waals surface area contributed by atoms with Crippen LogP contribution in [0.25, 0.3) is 0 Å². The van der Waals surface area contributed by atoms with Crippen LogP contribution in [0, 0.1) is 11.5 Å². The second-order valence-corrected chi connectivity index (χ2v) is 3.86. The number of hydrogen-bond acceptors (Lipinski definition) is 3. The van der Waals surface area contributed by atoms with Gasteiger partial charge in [0.25, 0.3) is 0 Å². The molecule has 0 bridgehead atoms. The van der Waals surface area contributed by atoms with Crippen molar-refractivity contribution in [2.24, 2.45) is 0 Å². The van der Waals surface area contributed by atoms with Crippen LogP contribution in [-0.2, 0) is 0 Å². The molecule has 5 nitrogen and oxygen atoms in total. The van der Waals surface area contributed by atoms with E-state index in [1.54, 1.807) is 19.1 Å². The van der Waals surface area contributed by atoms with Crippen LogP contribution in [0.2, 0.25) is 0 Å². The monoisotopic (exact) mass is 231 g/mol. The summed E-state index contributed by atoms with van der Waals surface area (Å²) < 4.78 is 5.27. The molecule has 0 N–H and O–H groups in total. The van der Waals surface area contributed by atoms with Crippen molar-refractivity contribution in [1.82, 2.24) is 9.80 Å². The van der Waals surface area contributed by atoms with Gasteiger partial charge in [-0.05, 0) is 6.07 Å². The fraction of sp³-hybridized carbons (Fsp3) is 0.333. The van der Waals surface area contributed by atoms with Gasteiger partial charge in [0.2, 0.25) is 0 Å². The second kappa shape index (κ2) is 4.34. The summed E-state index contributed by atoms with van der Waals surface area (Å²) in [7, 11) is 3.29. The number of benzene rings is 1. The van der Waals surface area contributed by atoms with Crippen molar-refractivity contribution in [2.75, 3.05) is 20.7 Å². The Balaban J connectivity index is 2.36. The van der Waals surface area contributed by atoms with Crippen LogP contribution >= 0.6 is 0 Å². The Labute approximate surface area is 99.8 Å². The number of para-hydroxylation sites is 1. The number of ether oxygens (including phenoxy) is 1. The lowest BCUT2D eigenvalue weighted by atomic mass is 10.1. The number of likely N-dealkylation sites (N-methyl/N-ethyl adjacent to an activating group) is 1. The normalized spacial score (nSPS) is 19.4. The van der Waals surface area contributed by atoms with Gasteiger partial charge >= 0.3 is 6.03 Å². The van der Waals surface area contributed by atoms with Crippen LogP contribution in [0.1, 0.15) is 11.6 Å². The van der Waals surface area contributed by atoms with Crippen LogP contribution in [0.5, 0.6) is 5.75 Å². The minimum atomic E-state index is -0.275. The topological polar surface area (TPSA) is 56.6 Å².